The summed E-state index contributed by atoms with van der Waals surface area (Å²) in [5, 5.41) is 0.775. The van der Waals surface area contributed by atoms with Crippen LogP contribution in [0.25, 0.3) is 6.08 Å². The molecule has 4 rings (SSSR count). The minimum atomic E-state index is 0.0772. The van der Waals surface area contributed by atoms with Gasteiger partial charge in [-0.2, -0.15) is 0 Å². The maximum Gasteiger partial charge on any atom is 0.267 e. The topological polar surface area (TPSA) is 45.6 Å². The van der Waals surface area contributed by atoms with Crippen LogP contribution >= 0.6 is 11.8 Å². The van der Waals surface area contributed by atoms with Crippen LogP contribution in [0.2, 0.25) is 0 Å². The molecule has 2 aliphatic rings. The van der Waals surface area contributed by atoms with Crippen molar-refractivity contribution in [2.24, 2.45) is 4.99 Å². The normalized spacial score (nSPS) is 21.7. The Bertz CT molecular complexity index is 827. The standard InChI is InChI=1S/C21H21N3OS/c25-20-19(14-16-8-3-1-4-9-16)26-21(23-17-10-7-13-22-15-17)24(20)18-11-5-2-6-12-18/h1,3-4,7-10,13-15,18H,2,5-6,11-12H2/b19-14-,23-21?. The second-order valence-electron chi connectivity index (χ2n) is 6.59. The van der Waals surface area contributed by atoms with Gasteiger partial charge in [0.2, 0.25) is 0 Å². The van der Waals surface area contributed by atoms with Crippen LogP contribution in [0.4, 0.5) is 5.69 Å². The van der Waals surface area contributed by atoms with Gasteiger partial charge in [0.1, 0.15) is 0 Å². The minimum absolute atomic E-state index is 0.0772. The summed E-state index contributed by atoms with van der Waals surface area (Å²) in [5.41, 5.74) is 1.82. The third kappa shape index (κ3) is 3.73. The maximum atomic E-state index is 13.2. The average Bonchev–Trinajstić information content (AvgIpc) is 2.99. The van der Waals surface area contributed by atoms with Crippen molar-refractivity contribution in [1.82, 2.24) is 9.88 Å². The lowest BCUT2D eigenvalue weighted by Crippen LogP contribution is -2.40. The van der Waals surface area contributed by atoms with Crippen LogP contribution in [0.15, 0.2) is 64.8 Å². The summed E-state index contributed by atoms with van der Waals surface area (Å²) in [4.78, 5) is 24.7. The lowest BCUT2D eigenvalue weighted by Gasteiger charge is -2.30. The Morgan fingerprint density at radius 1 is 1.08 bits per heavy atom. The first kappa shape index (κ1) is 17.0. The van der Waals surface area contributed by atoms with Crippen LogP contribution < -0.4 is 0 Å². The molecule has 1 amide bonds. The van der Waals surface area contributed by atoms with E-state index in [1.807, 2.05) is 53.4 Å². The van der Waals surface area contributed by atoms with Crippen molar-refractivity contribution in [2.75, 3.05) is 0 Å². The number of amides is 1. The lowest BCUT2D eigenvalue weighted by molar-refractivity contribution is -0.124. The number of carbonyl (C=O) groups is 1. The molecule has 5 heteroatoms. The summed E-state index contributed by atoms with van der Waals surface area (Å²) in [6.07, 6.45) is 11.1. The molecule has 2 fully saturated rings. The Kier molecular flexibility index (Phi) is 5.16. The molecule has 1 aromatic carbocycles. The number of nitrogens with zero attached hydrogens (tertiary/aromatic N) is 3. The number of amidine groups is 1. The molecule has 0 radical (unpaired) electrons. The largest absolute Gasteiger partial charge is 0.283 e. The molecular formula is C21H21N3OS. The number of benzene rings is 1. The van der Waals surface area contributed by atoms with Gasteiger partial charge in [0, 0.05) is 12.2 Å². The first-order chi connectivity index (χ1) is 12.8. The molecule has 0 bridgehead atoms. The zero-order valence-corrected chi connectivity index (χ0v) is 15.4. The SMILES string of the molecule is O=C1/C(=C/c2ccccc2)SC(=Nc2cccnc2)N1C1CCCCC1. The van der Waals surface area contributed by atoms with Crippen molar-refractivity contribution in [3.63, 3.8) is 0 Å². The monoisotopic (exact) mass is 363 g/mol. The zero-order valence-electron chi connectivity index (χ0n) is 14.5. The van der Waals surface area contributed by atoms with Gasteiger partial charge in [0.05, 0.1) is 16.8 Å². The summed E-state index contributed by atoms with van der Waals surface area (Å²) in [5.74, 6) is 0.0772. The molecule has 1 aromatic heterocycles. The highest BCUT2D eigenvalue weighted by molar-refractivity contribution is 8.18. The van der Waals surface area contributed by atoms with Gasteiger partial charge in [0.15, 0.2) is 5.17 Å². The highest BCUT2D eigenvalue weighted by Crippen LogP contribution is 2.38. The molecule has 0 N–H and O–H groups in total. The number of carbonyl (C=O) groups excluding carboxylic acids is 1. The zero-order chi connectivity index (χ0) is 17.8. The van der Waals surface area contributed by atoms with E-state index in [2.05, 4.69) is 4.98 Å². The number of thioether (sulfide) groups is 1. The smallest absolute Gasteiger partial charge is 0.267 e. The first-order valence-electron chi connectivity index (χ1n) is 9.08. The Morgan fingerprint density at radius 3 is 2.62 bits per heavy atom. The molecule has 1 saturated carbocycles. The van der Waals surface area contributed by atoms with E-state index in [-0.39, 0.29) is 11.9 Å². The Morgan fingerprint density at radius 2 is 1.88 bits per heavy atom. The summed E-state index contributed by atoms with van der Waals surface area (Å²) >= 11 is 1.47. The molecule has 0 spiro atoms. The Hall–Kier alpha value is -2.40. The van der Waals surface area contributed by atoms with E-state index in [1.54, 1.807) is 12.4 Å². The van der Waals surface area contributed by atoms with Crippen molar-refractivity contribution >= 4 is 34.6 Å². The quantitative estimate of drug-likeness (QED) is 0.720. The highest BCUT2D eigenvalue weighted by atomic mass is 32.2. The third-order valence-electron chi connectivity index (χ3n) is 4.74. The molecule has 2 heterocycles. The minimum Gasteiger partial charge on any atom is -0.283 e. The maximum absolute atomic E-state index is 13.2. The molecule has 26 heavy (non-hydrogen) atoms. The predicted octanol–water partition coefficient (Wildman–Crippen LogP) is 5.02. The van der Waals surface area contributed by atoms with Gasteiger partial charge in [0.25, 0.3) is 5.91 Å². The van der Waals surface area contributed by atoms with Crippen molar-refractivity contribution in [3.8, 4) is 0 Å². The van der Waals surface area contributed by atoms with E-state index in [0.29, 0.717) is 0 Å². The van der Waals surface area contributed by atoms with Crippen LogP contribution in [0.5, 0.6) is 0 Å². The number of pyridine rings is 1. The summed E-state index contributed by atoms with van der Waals surface area (Å²) < 4.78 is 0. The van der Waals surface area contributed by atoms with Crippen molar-refractivity contribution in [3.05, 3.63) is 65.3 Å². The summed E-state index contributed by atoms with van der Waals surface area (Å²) in [6.45, 7) is 0. The highest BCUT2D eigenvalue weighted by Gasteiger charge is 2.38. The van der Waals surface area contributed by atoms with Gasteiger partial charge in [-0.25, -0.2) is 4.99 Å². The average molecular weight is 363 g/mol. The first-order valence-corrected chi connectivity index (χ1v) is 9.90. The fourth-order valence-electron chi connectivity index (χ4n) is 3.46. The molecular weight excluding hydrogens is 342 g/mol. The van der Waals surface area contributed by atoms with Gasteiger partial charge in [-0.1, -0.05) is 49.6 Å². The summed E-state index contributed by atoms with van der Waals surface area (Å²) in [6, 6.07) is 14.0. The van der Waals surface area contributed by atoms with Crippen LogP contribution in [0.3, 0.4) is 0 Å². The second-order valence-corrected chi connectivity index (χ2v) is 7.60. The third-order valence-corrected chi connectivity index (χ3v) is 5.73. The molecule has 1 saturated heterocycles. The van der Waals surface area contributed by atoms with Gasteiger partial charge in [-0.15, -0.1) is 0 Å². The Labute approximate surface area is 158 Å². The van der Waals surface area contributed by atoms with Gasteiger partial charge < -0.3 is 0 Å². The van der Waals surface area contributed by atoms with E-state index in [9.17, 15) is 4.79 Å². The van der Waals surface area contributed by atoms with E-state index in [0.717, 1.165) is 34.2 Å². The van der Waals surface area contributed by atoms with Crippen LogP contribution in [-0.4, -0.2) is 27.0 Å². The van der Waals surface area contributed by atoms with Gasteiger partial charge in [-0.3, -0.25) is 14.7 Å². The lowest BCUT2D eigenvalue weighted by atomic mass is 9.94. The number of aromatic nitrogens is 1. The molecule has 132 valence electrons. The second kappa shape index (κ2) is 7.87. The van der Waals surface area contributed by atoms with Crippen LogP contribution in [-0.2, 0) is 4.79 Å². The van der Waals surface area contributed by atoms with Crippen molar-refractivity contribution in [1.29, 1.82) is 0 Å². The van der Waals surface area contributed by atoms with E-state index in [4.69, 9.17) is 4.99 Å². The van der Waals surface area contributed by atoms with E-state index in [1.165, 1.54) is 31.0 Å². The molecule has 0 unspecified atom stereocenters. The number of hydrogen-bond donors (Lipinski definition) is 0. The molecule has 0 atom stereocenters. The number of hydrogen-bond acceptors (Lipinski definition) is 4. The van der Waals surface area contributed by atoms with E-state index >= 15 is 0 Å². The molecule has 1 aliphatic carbocycles. The molecule has 2 aromatic rings. The summed E-state index contributed by atoms with van der Waals surface area (Å²) in [7, 11) is 0. The molecule has 1 aliphatic heterocycles. The fraction of sp³-hybridized carbons (Fsp3) is 0.286. The predicted molar refractivity (Wildman–Crippen MR) is 107 cm³/mol. The van der Waals surface area contributed by atoms with Gasteiger partial charge >= 0.3 is 0 Å². The van der Waals surface area contributed by atoms with Gasteiger partial charge in [-0.05, 0) is 48.4 Å². The molecule has 4 nitrogen and oxygen atoms in total. The van der Waals surface area contributed by atoms with Crippen LogP contribution in [0, 0.1) is 0 Å². The fourth-order valence-corrected chi connectivity index (χ4v) is 4.52. The van der Waals surface area contributed by atoms with Crippen molar-refractivity contribution in [2.45, 2.75) is 38.1 Å². The van der Waals surface area contributed by atoms with E-state index < -0.39 is 0 Å². The number of rotatable bonds is 3. The van der Waals surface area contributed by atoms with Crippen molar-refractivity contribution < 1.29 is 4.79 Å². The van der Waals surface area contributed by atoms with Crippen LogP contribution in [0.1, 0.15) is 37.7 Å². The number of aliphatic imine (C=N–C) groups is 1. The Balaban J connectivity index is 1.69.